The van der Waals surface area contributed by atoms with Crippen LogP contribution in [0.3, 0.4) is 0 Å². The first-order valence-electron chi connectivity index (χ1n) is 10.4. The summed E-state index contributed by atoms with van der Waals surface area (Å²) in [5, 5.41) is 9.48. The Hall–Kier alpha value is -3.11. The summed E-state index contributed by atoms with van der Waals surface area (Å²) in [6, 6.07) is 14.3. The Balaban J connectivity index is 1.89. The summed E-state index contributed by atoms with van der Waals surface area (Å²) in [7, 11) is -3.94. The molecular weight excluding hydrogens is 414 g/mol. The Morgan fingerprint density at radius 1 is 1.10 bits per heavy atom. The van der Waals surface area contributed by atoms with E-state index in [2.05, 4.69) is 0 Å². The molecule has 31 heavy (non-hydrogen) atoms. The maximum atomic E-state index is 12.8. The van der Waals surface area contributed by atoms with Crippen LogP contribution in [0.1, 0.15) is 44.6 Å². The summed E-state index contributed by atoms with van der Waals surface area (Å²) < 4.78 is 36.8. The Kier molecular flexibility index (Phi) is 7.48. The largest absolute Gasteiger partial charge is 0.490 e. The van der Waals surface area contributed by atoms with Crippen LogP contribution in [-0.4, -0.2) is 21.0 Å². The fourth-order valence-electron chi connectivity index (χ4n) is 3.54. The first-order chi connectivity index (χ1) is 15.0. The molecule has 1 aliphatic carbocycles. The van der Waals surface area contributed by atoms with E-state index < -0.39 is 9.84 Å². The fraction of sp³-hybridized carbons (Fsp3) is 0.333. The Labute approximate surface area is 183 Å². The van der Waals surface area contributed by atoms with Crippen molar-refractivity contribution in [3.8, 4) is 17.6 Å². The third-order valence-corrected chi connectivity index (χ3v) is 6.85. The van der Waals surface area contributed by atoms with Gasteiger partial charge in [0, 0.05) is 0 Å². The van der Waals surface area contributed by atoms with Crippen molar-refractivity contribution in [1.82, 2.24) is 0 Å². The number of rotatable bonds is 7. The van der Waals surface area contributed by atoms with Crippen molar-refractivity contribution in [2.75, 3.05) is 6.61 Å². The zero-order chi connectivity index (χ0) is 22.3. The van der Waals surface area contributed by atoms with E-state index in [1.807, 2.05) is 0 Å². The monoisotopic (exact) mass is 439 g/mol. The van der Waals surface area contributed by atoms with Gasteiger partial charge < -0.3 is 9.47 Å². The zero-order valence-corrected chi connectivity index (χ0v) is 18.2. The molecule has 6 nitrogen and oxygen atoms in total. The molecule has 0 aliphatic heterocycles. The van der Waals surface area contributed by atoms with Gasteiger partial charge in [0.05, 0.1) is 17.4 Å². The van der Waals surface area contributed by atoms with Gasteiger partial charge in [-0.15, -0.1) is 0 Å². The molecule has 2 aromatic rings. The average Bonchev–Trinajstić information content (AvgIpc) is 2.80. The van der Waals surface area contributed by atoms with Gasteiger partial charge in [-0.05, 0) is 55.7 Å². The molecule has 0 atom stereocenters. The van der Waals surface area contributed by atoms with Crippen LogP contribution in [0.25, 0.3) is 6.08 Å². The predicted molar refractivity (Wildman–Crippen MR) is 117 cm³/mol. The highest BCUT2D eigenvalue weighted by atomic mass is 32.2. The van der Waals surface area contributed by atoms with Gasteiger partial charge in [-0.3, -0.25) is 4.79 Å². The number of hydrogen-bond acceptors (Lipinski definition) is 6. The highest BCUT2D eigenvalue weighted by Crippen LogP contribution is 2.33. The molecule has 0 aromatic heterocycles. The highest BCUT2D eigenvalue weighted by molar-refractivity contribution is 7.95. The quantitative estimate of drug-likeness (QED) is 0.346. The minimum absolute atomic E-state index is 0.0471. The summed E-state index contributed by atoms with van der Waals surface area (Å²) in [6.07, 6.45) is 6.13. The maximum absolute atomic E-state index is 12.8. The molecule has 2 aromatic carbocycles. The van der Waals surface area contributed by atoms with E-state index in [-0.39, 0.29) is 21.7 Å². The number of benzene rings is 2. The van der Waals surface area contributed by atoms with Crippen molar-refractivity contribution in [2.24, 2.45) is 5.92 Å². The van der Waals surface area contributed by atoms with Crippen LogP contribution in [0.15, 0.2) is 58.3 Å². The van der Waals surface area contributed by atoms with Crippen LogP contribution < -0.4 is 9.47 Å². The normalized spacial score (nSPS) is 15.2. The van der Waals surface area contributed by atoms with Crippen molar-refractivity contribution in [1.29, 1.82) is 5.26 Å². The van der Waals surface area contributed by atoms with Crippen LogP contribution in [0.5, 0.6) is 11.5 Å². The van der Waals surface area contributed by atoms with Gasteiger partial charge in [0.2, 0.25) is 9.84 Å². The second-order valence-corrected chi connectivity index (χ2v) is 9.25. The second-order valence-electron chi connectivity index (χ2n) is 7.33. The number of ether oxygens (including phenoxy) is 2. The lowest BCUT2D eigenvalue weighted by Gasteiger charge is -2.20. The highest BCUT2D eigenvalue weighted by Gasteiger charge is 2.24. The summed E-state index contributed by atoms with van der Waals surface area (Å²) in [5.74, 6) is 0.242. The first kappa shape index (κ1) is 22.6. The summed E-state index contributed by atoms with van der Waals surface area (Å²) >= 11 is 0. The van der Waals surface area contributed by atoms with Gasteiger partial charge in [-0.2, -0.15) is 5.26 Å². The van der Waals surface area contributed by atoms with E-state index in [4.69, 9.17) is 9.47 Å². The number of carbonyl (C=O) groups excluding carboxylic acids is 1. The van der Waals surface area contributed by atoms with Gasteiger partial charge in [-0.1, -0.05) is 43.5 Å². The van der Waals surface area contributed by atoms with Crippen molar-refractivity contribution in [3.05, 3.63) is 59.0 Å². The average molecular weight is 440 g/mol. The summed E-state index contributed by atoms with van der Waals surface area (Å²) in [4.78, 5) is 12.2. The van der Waals surface area contributed by atoms with Crippen LogP contribution in [0.2, 0.25) is 0 Å². The van der Waals surface area contributed by atoms with E-state index >= 15 is 0 Å². The minimum Gasteiger partial charge on any atom is -0.490 e. The van der Waals surface area contributed by atoms with Gasteiger partial charge in [0.15, 0.2) is 11.5 Å². The molecular formula is C24H25NO5S. The SMILES string of the molecule is CCOc1cc(C=C(C#N)S(=O)(=O)c2ccccc2)ccc1OC(=O)C1CCCCC1. The number of carbonyl (C=O) groups is 1. The van der Waals surface area contributed by atoms with Gasteiger partial charge in [-0.25, -0.2) is 8.42 Å². The van der Waals surface area contributed by atoms with E-state index in [1.165, 1.54) is 18.2 Å². The standard InChI is InChI=1S/C24H25NO5S/c1-2-29-23-16-18(13-14-22(23)30-24(26)19-9-5-3-6-10-19)15-21(17-25)31(27,28)20-11-7-4-8-12-20/h4,7-8,11-16,19H,2-3,5-6,9-10H2,1H3. The van der Waals surface area contributed by atoms with E-state index in [0.29, 0.717) is 23.7 Å². The van der Waals surface area contributed by atoms with E-state index in [0.717, 1.165) is 32.1 Å². The summed E-state index contributed by atoms with van der Waals surface area (Å²) in [5.41, 5.74) is 0.456. The van der Waals surface area contributed by atoms with Gasteiger partial charge in [0.1, 0.15) is 11.0 Å². The van der Waals surface area contributed by atoms with Crippen molar-refractivity contribution in [2.45, 2.75) is 43.9 Å². The fourth-order valence-corrected chi connectivity index (χ4v) is 4.73. The Morgan fingerprint density at radius 3 is 2.45 bits per heavy atom. The number of nitrogens with zero attached hydrogens (tertiary/aromatic N) is 1. The first-order valence-corrected chi connectivity index (χ1v) is 11.8. The van der Waals surface area contributed by atoms with Crippen LogP contribution in [0.4, 0.5) is 0 Å². The maximum Gasteiger partial charge on any atom is 0.314 e. The number of esters is 1. The zero-order valence-electron chi connectivity index (χ0n) is 17.4. The molecule has 3 rings (SSSR count). The molecule has 162 valence electrons. The lowest BCUT2D eigenvalue weighted by atomic mass is 9.89. The predicted octanol–water partition coefficient (Wildman–Crippen LogP) is 4.91. The lowest BCUT2D eigenvalue weighted by Crippen LogP contribution is -2.23. The van der Waals surface area contributed by atoms with Crippen LogP contribution in [0, 0.1) is 17.2 Å². The number of allylic oxidation sites excluding steroid dienone is 1. The molecule has 1 saturated carbocycles. The number of sulfone groups is 1. The molecule has 1 aliphatic rings. The van der Waals surface area contributed by atoms with E-state index in [9.17, 15) is 18.5 Å². The molecule has 0 N–H and O–H groups in total. The third-order valence-electron chi connectivity index (χ3n) is 5.17. The number of hydrogen-bond donors (Lipinski definition) is 0. The van der Waals surface area contributed by atoms with Crippen molar-refractivity contribution < 1.29 is 22.7 Å². The number of nitriles is 1. The van der Waals surface area contributed by atoms with Gasteiger partial charge >= 0.3 is 5.97 Å². The molecule has 0 spiro atoms. The molecule has 0 amide bonds. The minimum atomic E-state index is -3.94. The van der Waals surface area contributed by atoms with Gasteiger partial charge in [0.25, 0.3) is 0 Å². The molecule has 0 unspecified atom stereocenters. The lowest BCUT2D eigenvalue weighted by molar-refractivity contribution is -0.140. The van der Waals surface area contributed by atoms with Crippen molar-refractivity contribution in [3.63, 3.8) is 0 Å². The topological polar surface area (TPSA) is 93.5 Å². The van der Waals surface area contributed by atoms with Crippen LogP contribution >= 0.6 is 0 Å². The Bertz CT molecular complexity index is 1090. The van der Waals surface area contributed by atoms with Crippen LogP contribution in [-0.2, 0) is 14.6 Å². The molecule has 1 fully saturated rings. The summed E-state index contributed by atoms with van der Waals surface area (Å²) in [6.45, 7) is 2.14. The molecule has 0 heterocycles. The molecule has 7 heteroatoms. The molecule has 0 bridgehead atoms. The second kappa shape index (κ2) is 10.3. The van der Waals surface area contributed by atoms with E-state index in [1.54, 1.807) is 49.4 Å². The Morgan fingerprint density at radius 2 is 1.81 bits per heavy atom. The van der Waals surface area contributed by atoms with Crippen molar-refractivity contribution >= 4 is 21.9 Å². The smallest absolute Gasteiger partial charge is 0.314 e. The molecule has 0 saturated heterocycles. The molecule has 0 radical (unpaired) electrons. The third kappa shape index (κ3) is 5.53.